The molecule has 0 amide bonds. The van der Waals surface area contributed by atoms with Crippen LogP contribution in [0.1, 0.15) is 20.8 Å². The van der Waals surface area contributed by atoms with Crippen molar-refractivity contribution in [2.75, 3.05) is 13.2 Å². The van der Waals surface area contributed by atoms with E-state index in [2.05, 4.69) is 33.9 Å². The van der Waals surface area contributed by atoms with Crippen LogP contribution >= 0.6 is 11.6 Å². The Morgan fingerprint density at radius 3 is 2.45 bits per heavy atom. The van der Waals surface area contributed by atoms with Crippen LogP contribution in [0.3, 0.4) is 0 Å². The Balaban J connectivity index is 2.51. The molecule has 0 aromatic heterocycles. The van der Waals surface area contributed by atoms with Gasteiger partial charge in [0.1, 0.15) is 12.4 Å². The molecule has 0 N–H and O–H groups in total. The maximum atomic E-state index is 10.7. The van der Waals surface area contributed by atoms with Crippen molar-refractivity contribution in [2.45, 2.75) is 39.9 Å². The van der Waals surface area contributed by atoms with E-state index in [1.807, 2.05) is 0 Å². The van der Waals surface area contributed by atoms with Crippen LogP contribution in [0.15, 0.2) is 18.2 Å². The fourth-order valence-electron chi connectivity index (χ4n) is 2.51. The molecule has 7 heteroatoms. The molecule has 0 aliphatic heterocycles. The normalized spacial score (nSPS) is 12.3. The summed E-state index contributed by atoms with van der Waals surface area (Å²) in [4.78, 5) is 10.3. The van der Waals surface area contributed by atoms with Gasteiger partial charge in [-0.2, -0.15) is 0 Å². The zero-order chi connectivity index (χ0) is 17.0. The molecule has 0 aliphatic rings. The second-order valence-corrected chi connectivity index (χ2v) is 11.6. The van der Waals surface area contributed by atoms with Crippen molar-refractivity contribution < 1.29 is 14.1 Å². The Hall–Kier alpha value is -1.11. The Morgan fingerprint density at radius 2 is 1.91 bits per heavy atom. The molecule has 1 rings (SSSR count). The first-order valence-corrected chi connectivity index (χ1v) is 10.7. The molecule has 0 radical (unpaired) electrons. The molecule has 0 saturated heterocycles. The molecule has 0 bridgehead atoms. The predicted octanol–water partition coefficient (Wildman–Crippen LogP) is 4.89. The zero-order valence-corrected chi connectivity index (χ0v) is 15.6. The van der Waals surface area contributed by atoms with Crippen LogP contribution in [0.4, 0.5) is 5.69 Å². The van der Waals surface area contributed by atoms with E-state index in [1.54, 1.807) is 0 Å². The molecular weight excluding hydrogens is 322 g/mol. The van der Waals surface area contributed by atoms with Crippen LogP contribution in [0, 0.1) is 15.5 Å². The number of nitro benzene ring substituents is 1. The van der Waals surface area contributed by atoms with E-state index < -0.39 is 13.2 Å². The minimum Gasteiger partial charge on any atom is -0.489 e. The molecule has 22 heavy (non-hydrogen) atoms. The highest BCUT2D eigenvalue weighted by Crippen LogP contribution is 2.30. The van der Waals surface area contributed by atoms with E-state index in [0.717, 1.165) is 6.04 Å². The van der Waals surface area contributed by atoms with Gasteiger partial charge in [0.05, 0.1) is 22.6 Å². The Morgan fingerprint density at radius 1 is 1.27 bits per heavy atom. The lowest BCUT2D eigenvalue weighted by Crippen LogP contribution is -2.36. The van der Waals surface area contributed by atoms with Crippen LogP contribution in [-0.4, -0.2) is 26.5 Å². The SMILES string of the molecule is CC(C)(C)C[Si](C)(C)OCCOc1cc([N+](=O)[O-])ccc1Cl. The predicted molar refractivity (Wildman–Crippen MR) is 91.3 cm³/mol. The summed E-state index contributed by atoms with van der Waals surface area (Å²) < 4.78 is 11.5. The minimum atomic E-state index is -1.74. The molecule has 0 heterocycles. The third kappa shape index (κ3) is 6.77. The van der Waals surface area contributed by atoms with Gasteiger partial charge < -0.3 is 9.16 Å². The van der Waals surface area contributed by atoms with Crippen molar-refractivity contribution in [3.63, 3.8) is 0 Å². The van der Waals surface area contributed by atoms with E-state index in [9.17, 15) is 10.1 Å². The van der Waals surface area contributed by atoms with Crippen molar-refractivity contribution in [2.24, 2.45) is 5.41 Å². The Bertz CT molecular complexity index is 529. The van der Waals surface area contributed by atoms with Crippen molar-refractivity contribution in [3.8, 4) is 5.75 Å². The van der Waals surface area contributed by atoms with Crippen LogP contribution in [0.2, 0.25) is 24.2 Å². The smallest absolute Gasteiger partial charge is 0.273 e. The fraction of sp³-hybridized carbons (Fsp3) is 0.600. The first-order chi connectivity index (χ1) is 10.0. The molecule has 1 aromatic carbocycles. The van der Waals surface area contributed by atoms with Gasteiger partial charge in [-0.25, -0.2) is 0 Å². The standard InChI is InChI=1S/C15H24ClNO4Si/c1-15(2,3)11-22(4,5)21-9-8-20-14-10-12(17(18)19)6-7-13(14)16/h6-7,10H,8-9,11H2,1-5H3. The number of hydrogen-bond acceptors (Lipinski definition) is 4. The number of nitrogens with zero attached hydrogens (tertiary/aromatic N) is 1. The Labute approximate surface area is 137 Å². The summed E-state index contributed by atoms with van der Waals surface area (Å²) >= 11 is 5.98. The van der Waals surface area contributed by atoms with E-state index >= 15 is 0 Å². The fourth-order valence-corrected chi connectivity index (χ4v) is 5.98. The van der Waals surface area contributed by atoms with E-state index in [0.29, 0.717) is 24.0 Å². The van der Waals surface area contributed by atoms with Gasteiger partial charge in [-0.15, -0.1) is 0 Å². The lowest BCUT2D eigenvalue weighted by atomic mass is 10.0. The van der Waals surface area contributed by atoms with Gasteiger partial charge in [0.2, 0.25) is 0 Å². The van der Waals surface area contributed by atoms with Crippen molar-refractivity contribution in [1.29, 1.82) is 0 Å². The van der Waals surface area contributed by atoms with E-state index in [-0.39, 0.29) is 11.1 Å². The number of benzene rings is 1. The molecule has 124 valence electrons. The van der Waals surface area contributed by atoms with Crippen LogP contribution in [-0.2, 0) is 4.43 Å². The van der Waals surface area contributed by atoms with Gasteiger partial charge in [0.25, 0.3) is 5.69 Å². The summed E-state index contributed by atoms with van der Waals surface area (Å²) in [6.07, 6.45) is 0. The molecule has 5 nitrogen and oxygen atoms in total. The molecule has 1 aromatic rings. The molecule has 0 atom stereocenters. The number of ether oxygens (including phenoxy) is 1. The number of rotatable bonds is 7. The Kier molecular flexibility index (Phi) is 6.40. The van der Waals surface area contributed by atoms with E-state index in [4.69, 9.17) is 20.8 Å². The lowest BCUT2D eigenvalue weighted by Gasteiger charge is -2.30. The topological polar surface area (TPSA) is 61.6 Å². The van der Waals surface area contributed by atoms with Crippen LogP contribution in [0.25, 0.3) is 0 Å². The van der Waals surface area contributed by atoms with E-state index in [1.165, 1.54) is 18.2 Å². The maximum Gasteiger partial charge on any atom is 0.273 e. The van der Waals surface area contributed by atoms with Gasteiger partial charge in [-0.05, 0) is 30.6 Å². The number of hydrogen-bond donors (Lipinski definition) is 0. The summed E-state index contributed by atoms with van der Waals surface area (Å²) in [7, 11) is -1.74. The number of nitro groups is 1. The molecule has 0 unspecified atom stereocenters. The third-order valence-electron chi connectivity index (χ3n) is 2.92. The second-order valence-electron chi connectivity index (χ2n) is 7.07. The van der Waals surface area contributed by atoms with Crippen molar-refractivity contribution in [3.05, 3.63) is 33.3 Å². The molecule has 0 aliphatic carbocycles. The van der Waals surface area contributed by atoms with Crippen molar-refractivity contribution >= 4 is 25.6 Å². The molecule has 0 spiro atoms. The first-order valence-electron chi connectivity index (χ1n) is 7.21. The zero-order valence-electron chi connectivity index (χ0n) is 13.8. The van der Waals surface area contributed by atoms with Gasteiger partial charge in [0.15, 0.2) is 8.32 Å². The highest BCUT2D eigenvalue weighted by Gasteiger charge is 2.29. The lowest BCUT2D eigenvalue weighted by molar-refractivity contribution is -0.384. The highest BCUT2D eigenvalue weighted by atomic mass is 35.5. The molecule has 0 fully saturated rings. The summed E-state index contributed by atoms with van der Waals surface area (Å²) in [5.74, 6) is 0.315. The summed E-state index contributed by atoms with van der Waals surface area (Å²) in [6, 6.07) is 5.21. The monoisotopic (exact) mass is 345 g/mol. The van der Waals surface area contributed by atoms with Gasteiger partial charge in [0, 0.05) is 6.07 Å². The van der Waals surface area contributed by atoms with Gasteiger partial charge in [-0.1, -0.05) is 32.4 Å². The molecular formula is C15H24ClNO4Si. The summed E-state index contributed by atoms with van der Waals surface area (Å²) in [5, 5.41) is 11.1. The average molecular weight is 346 g/mol. The summed E-state index contributed by atoms with van der Waals surface area (Å²) in [5.41, 5.74) is 0.197. The highest BCUT2D eigenvalue weighted by molar-refractivity contribution is 6.71. The largest absolute Gasteiger partial charge is 0.489 e. The maximum absolute atomic E-state index is 10.7. The third-order valence-corrected chi connectivity index (χ3v) is 6.13. The minimum absolute atomic E-state index is 0.0391. The quantitative estimate of drug-likeness (QED) is 0.305. The van der Waals surface area contributed by atoms with Crippen molar-refractivity contribution in [1.82, 2.24) is 0 Å². The number of halogens is 1. The van der Waals surface area contributed by atoms with Gasteiger partial charge in [-0.3, -0.25) is 10.1 Å². The average Bonchev–Trinajstić information content (AvgIpc) is 2.33. The van der Waals surface area contributed by atoms with Crippen LogP contribution < -0.4 is 4.74 Å². The molecule has 0 saturated carbocycles. The summed E-state index contributed by atoms with van der Waals surface area (Å²) in [6.45, 7) is 11.7. The van der Waals surface area contributed by atoms with Crippen LogP contribution in [0.5, 0.6) is 5.75 Å². The first kappa shape index (κ1) is 18.9. The van der Waals surface area contributed by atoms with Gasteiger partial charge >= 0.3 is 0 Å². The second kappa shape index (κ2) is 7.44. The number of non-ortho nitro benzene ring substituents is 1.